The zero-order valence-electron chi connectivity index (χ0n) is 16.8. The van der Waals surface area contributed by atoms with E-state index in [4.69, 9.17) is 14.2 Å². The summed E-state index contributed by atoms with van der Waals surface area (Å²) < 4.78 is 16.0. The average Bonchev–Trinajstić information content (AvgIpc) is 2.78. The summed E-state index contributed by atoms with van der Waals surface area (Å²) in [6.45, 7) is 1.79. The zero-order chi connectivity index (χ0) is 20.8. The van der Waals surface area contributed by atoms with Gasteiger partial charge < -0.3 is 29.3 Å². The van der Waals surface area contributed by atoms with E-state index in [0.717, 1.165) is 5.69 Å². The second-order valence-corrected chi connectivity index (χ2v) is 6.49. The van der Waals surface area contributed by atoms with E-state index in [9.17, 15) is 9.59 Å². The Morgan fingerprint density at radius 3 is 1.90 bits per heavy atom. The maximum atomic E-state index is 13.0. The van der Waals surface area contributed by atoms with Gasteiger partial charge in [-0.05, 0) is 24.3 Å². The van der Waals surface area contributed by atoms with Gasteiger partial charge in [0.05, 0.1) is 21.3 Å². The van der Waals surface area contributed by atoms with E-state index >= 15 is 0 Å². The van der Waals surface area contributed by atoms with Gasteiger partial charge in [-0.25, -0.2) is 4.79 Å². The Labute approximate surface area is 170 Å². The lowest BCUT2D eigenvalue weighted by atomic mass is 10.1. The van der Waals surface area contributed by atoms with Gasteiger partial charge in [-0.3, -0.25) is 4.79 Å². The van der Waals surface area contributed by atoms with E-state index in [2.05, 4.69) is 5.32 Å². The van der Waals surface area contributed by atoms with Gasteiger partial charge in [0, 0.05) is 37.4 Å². The maximum absolute atomic E-state index is 13.0. The molecule has 1 heterocycles. The van der Waals surface area contributed by atoms with Crippen LogP contribution in [0.4, 0.5) is 10.5 Å². The number of carbonyl (C=O) groups is 2. The van der Waals surface area contributed by atoms with Crippen LogP contribution in [0, 0.1) is 0 Å². The number of rotatable bonds is 5. The summed E-state index contributed by atoms with van der Waals surface area (Å²) in [7, 11) is 4.53. The van der Waals surface area contributed by atoms with Crippen molar-refractivity contribution in [2.45, 2.75) is 0 Å². The molecule has 3 rings (SSSR count). The van der Waals surface area contributed by atoms with Crippen LogP contribution in [0.3, 0.4) is 0 Å². The molecule has 8 nitrogen and oxygen atoms in total. The quantitative estimate of drug-likeness (QED) is 0.836. The first-order valence-corrected chi connectivity index (χ1v) is 9.27. The fraction of sp³-hybridized carbons (Fsp3) is 0.333. The number of para-hydroxylation sites is 1. The molecular formula is C21H25N3O5. The first kappa shape index (κ1) is 20.3. The molecule has 0 aliphatic carbocycles. The Hall–Kier alpha value is -3.42. The number of anilines is 1. The predicted octanol–water partition coefficient (Wildman–Crippen LogP) is 2.70. The Morgan fingerprint density at radius 1 is 0.828 bits per heavy atom. The number of benzene rings is 2. The van der Waals surface area contributed by atoms with Crippen LogP contribution < -0.4 is 19.5 Å². The predicted molar refractivity (Wildman–Crippen MR) is 109 cm³/mol. The van der Waals surface area contributed by atoms with Crippen LogP contribution in [-0.2, 0) is 0 Å². The SMILES string of the molecule is COc1cc(C(=O)N2CCN(C(=O)Nc3ccccc3)CC2)cc(OC)c1OC. The molecule has 1 aliphatic heterocycles. The van der Waals surface area contributed by atoms with Crippen molar-refractivity contribution >= 4 is 17.6 Å². The summed E-state index contributed by atoms with van der Waals surface area (Å²) in [6.07, 6.45) is 0. The molecule has 1 saturated heterocycles. The third-order valence-corrected chi connectivity index (χ3v) is 4.79. The minimum absolute atomic E-state index is 0.146. The smallest absolute Gasteiger partial charge is 0.321 e. The molecule has 1 aliphatic rings. The lowest BCUT2D eigenvalue weighted by Crippen LogP contribution is -2.51. The van der Waals surface area contributed by atoms with Crippen LogP contribution in [0.5, 0.6) is 17.2 Å². The summed E-state index contributed by atoms with van der Waals surface area (Å²) >= 11 is 0. The number of ether oxygens (including phenoxy) is 3. The number of nitrogens with one attached hydrogen (secondary N) is 1. The molecule has 1 fully saturated rings. The highest BCUT2D eigenvalue weighted by molar-refractivity contribution is 5.96. The van der Waals surface area contributed by atoms with Crippen molar-refractivity contribution in [3.05, 3.63) is 48.0 Å². The zero-order valence-corrected chi connectivity index (χ0v) is 16.8. The van der Waals surface area contributed by atoms with Crippen molar-refractivity contribution in [3.8, 4) is 17.2 Å². The minimum atomic E-state index is -0.170. The molecule has 29 heavy (non-hydrogen) atoms. The second-order valence-electron chi connectivity index (χ2n) is 6.49. The van der Waals surface area contributed by atoms with E-state index in [0.29, 0.717) is 49.0 Å². The monoisotopic (exact) mass is 399 g/mol. The van der Waals surface area contributed by atoms with E-state index in [1.54, 1.807) is 21.9 Å². The fourth-order valence-electron chi connectivity index (χ4n) is 3.22. The topological polar surface area (TPSA) is 80.3 Å². The molecule has 0 bridgehead atoms. The van der Waals surface area contributed by atoms with Gasteiger partial charge >= 0.3 is 6.03 Å². The molecule has 154 valence electrons. The van der Waals surface area contributed by atoms with Crippen LogP contribution in [0.25, 0.3) is 0 Å². The first-order valence-electron chi connectivity index (χ1n) is 9.27. The summed E-state index contributed by atoms with van der Waals surface area (Å²) in [6, 6.07) is 12.4. The highest BCUT2D eigenvalue weighted by Crippen LogP contribution is 2.38. The number of carbonyl (C=O) groups excluding carboxylic acids is 2. The molecule has 0 radical (unpaired) electrons. The summed E-state index contributed by atoms with van der Waals surface area (Å²) in [4.78, 5) is 28.8. The van der Waals surface area contributed by atoms with Crippen LogP contribution in [-0.4, -0.2) is 69.2 Å². The van der Waals surface area contributed by atoms with E-state index in [1.165, 1.54) is 21.3 Å². The lowest BCUT2D eigenvalue weighted by molar-refractivity contribution is 0.0671. The second kappa shape index (κ2) is 9.18. The number of hydrogen-bond donors (Lipinski definition) is 1. The fourth-order valence-corrected chi connectivity index (χ4v) is 3.22. The Kier molecular flexibility index (Phi) is 6.43. The van der Waals surface area contributed by atoms with Crippen molar-refractivity contribution < 1.29 is 23.8 Å². The molecule has 0 aromatic heterocycles. The molecule has 0 spiro atoms. The number of piperazine rings is 1. The molecule has 3 amide bonds. The van der Waals surface area contributed by atoms with Crippen molar-refractivity contribution in [1.82, 2.24) is 9.80 Å². The number of hydrogen-bond acceptors (Lipinski definition) is 5. The third kappa shape index (κ3) is 4.53. The number of amides is 3. The van der Waals surface area contributed by atoms with E-state index < -0.39 is 0 Å². The summed E-state index contributed by atoms with van der Waals surface area (Å²) in [5, 5.41) is 2.87. The van der Waals surface area contributed by atoms with E-state index in [1.807, 2.05) is 30.3 Å². The largest absolute Gasteiger partial charge is 0.493 e. The maximum Gasteiger partial charge on any atom is 0.321 e. The molecule has 0 unspecified atom stereocenters. The van der Waals surface area contributed by atoms with Crippen LogP contribution in [0.1, 0.15) is 10.4 Å². The normalized spacial score (nSPS) is 13.6. The van der Waals surface area contributed by atoms with Gasteiger partial charge in [0.25, 0.3) is 5.91 Å². The Bertz CT molecular complexity index is 839. The molecule has 1 N–H and O–H groups in total. The molecule has 2 aromatic rings. The highest BCUT2D eigenvalue weighted by atomic mass is 16.5. The Morgan fingerprint density at radius 2 is 1.38 bits per heavy atom. The minimum Gasteiger partial charge on any atom is -0.493 e. The number of nitrogens with zero attached hydrogens (tertiary/aromatic N) is 2. The molecule has 2 aromatic carbocycles. The van der Waals surface area contributed by atoms with Gasteiger partial charge in [-0.2, -0.15) is 0 Å². The van der Waals surface area contributed by atoms with Gasteiger partial charge in [0.2, 0.25) is 5.75 Å². The molecule has 0 saturated carbocycles. The van der Waals surface area contributed by atoms with Crippen LogP contribution in [0.2, 0.25) is 0 Å². The Balaban J connectivity index is 1.65. The van der Waals surface area contributed by atoms with Crippen molar-refractivity contribution in [1.29, 1.82) is 0 Å². The molecule has 8 heteroatoms. The number of urea groups is 1. The van der Waals surface area contributed by atoms with Gasteiger partial charge in [0.15, 0.2) is 11.5 Å². The molecule has 0 atom stereocenters. The standard InChI is InChI=1S/C21H25N3O5/c1-27-17-13-15(14-18(28-2)19(17)29-3)20(25)23-9-11-24(12-10-23)21(26)22-16-7-5-4-6-8-16/h4-8,13-14H,9-12H2,1-3H3,(H,22,26). The van der Waals surface area contributed by atoms with Crippen LogP contribution >= 0.6 is 0 Å². The van der Waals surface area contributed by atoms with Gasteiger partial charge in [-0.15, -0.1) is 0 Å². The van der Waals surface area contributed by atoms with Gasteiger partial charge in [0.1, 0.15) is 0 Å². The third-order valence-electron chi connectivity index (χ3n) is 4.79. The highest BCUT2D eigenvalue weighted by Gasteiger charge is 2.26. The van der Waals surface area contributed by atoms with Gasteiger partial charge in [-0.1, -0.05) is 18.2 Å². The number of methoxy groups -OCH3 is 3. The first-order chi connectivity index (χ1) is 14.1. The molecular weight excluding hydrogens is 374 g/mol. The van der Waals surface area contributed by atoms with E-state index in [-0.39, 0.29) is 11.9 Å². The summed E-state index contributed by atoms with van der Waals surface area (Å²) in [5.74, 6) is 1.15. The lowest BCUT2D eigenvalue weighted by Gasteiger charge is -2.34. The van der Waals surface area contributed by atoms with Crippen molar-refractivity contribution in [3.63, 3.8) is 0 Å². The average molecular weight is 399 g/mol. The summed E-state index contributed by atoms with van der Waals surface area (Å²) in [5.41, 5.74) is 1.19. The van der Waals surface area contributed by atoms with Crippen molar-refractivity contribution in [2.75, 3.05) is 52.8 Å². The van der Waals surface area contributed by atoms with Crippen molar-refractivity contribution in [2.24, 2.45) is 0 Å². The van der Waals surface area contributed by atoms with Crippen LogP contribution in [0.15, 0.2) is 42.5 Å².